The number of halogens is 1. The number of nitrogens with zero attached hydrogens (tertiary/aromatic N) is 2. The summed E-state index contributed by atoms with van der Waals surface area (Å²) in [6.07, 6.45) is 8.52. The molecule has 1 spiro atoms. The third-order valence-electron chi connectivity index (χ3n) is 6.41. The van der Waals surface area contributed by atoms with Gasteiger partial charge in [0.1, 0.15) is 0 Å². The van der Waals surface area contributed by atoms with E-state index >= 15 is 0 Å². The van der Waals surface area contributed by atoms with Crippen molar-refractivity contribution in [3.63, 3.8) is 0 Å². The SMILES string of the molecule is CCOC1CC(NC(=NC)NCc2ccnc3ccccc23)C12CCCC2.I. The molecule has 2 unspecified atom stereocenters. The van der Waals surface area contributed by atoms with Crippen LogP contribution in [0.1, 0.15) is 44.6 Å². The van der Waals surface area contributed by atoms with E-state index in [2.05, 4.69) is 51.8 Å². The van der Waals surface area contributed by atoms with E-state index in [4.69, 9.17) is 4.74 Å². The number of rotatable bonds is 5. The van der Waals surface area contributed by atoms with Crippen molar-refractivity contribution in [2.45, 2.75) is 57.7 Å². The van der Waals surface area contributed by atoms with Gasteiger partial charge in [-0.05, 0) is 43.9 Å². The molecular formula is C22H31IN4O. The zero-order valence-corrected chi connectivity index (χ0v) is 19.1. The fourth-order valence-electron chi connectivity index (χ4n) is 4.94. The Balaban J connectivity index is 0.00000225. The zero-order chi connectivity index (χ0) is 18.7. The van der Waals surface area contributed by atoms with Gasteiger partial charge in [0.15, 0.2) is 5.96 Å². The van der Waals surface area contributed by atoms with Crippen LogP contribution in [-0.2, 0) is 11.3 Å². The Bertz CT molecular complexity index is 814. The number of aromatic nitrogens is 1. The van der Waals surface area contributed by atoms with Crippen LogP contribution in [0.25, 0.3) is 10.9 Å². The summed E-state index contributed by atoms with van der Waals surface area (Å²) in [5.41, 5.74) is 2.57. The fourth-order valence-corrected chi connectivity index (χ4v) is 4.94. The Morgan fingerprint density at radius 3 is 2.79 bits per heavy atom. The average molecular weight is 494 g/mol. The van der Waals surface area contributed by atoms with Gasteiger partial charge in [-0.15, -0.1) is 24.0 Å². The second kappa shape index (κ2) is 9.39. The van der Waals surface area contributed by atoms with E-state index in [1.807, 2.05) is 19.3 Å². The number of para-hydroxylation sites is 1. The summed E-state index contributed by atoms with van der Waals surface area (Å²) in [4.78, 5) is 8.91. The lowest BCUT2D eigenvalue weighted by atomic mass is 9.60. The summed E-state index contributed by atoms with van der Waals surface area (Å²) >= 11 is 0. The molecule has 2 aromatic rings. The molecule has 2 N–H and O–H groups in total. The number of pyridine rings is 1. The van der Waals surface area contributed by atoms with Crippen molar-refractivity contribution in [3.8, 4) is 0 Å². The lowest BCUT2D eigenvalue weighted by Gasteiger charge is -2.54. The van der Waals surface area contributed by atoms with Crippen molar-refractivity contribution in [3.05, 3.63) is 42.1 Å². The summed E-state index contributed by atoms with van der Waals surface area (Å²) in [6.45, 7) is 3.64. The third-order valence-corrected chi connectivity index (χ3v) is 6.41. The molecule has 0 aliphatic heterocycles. The molecule has 0 saturated heterocycles. The van der Waals surface area contributed by atoms with Crippen LogP contribution < -0.4 is 10.6 Å². The van der Waals surface area contributed by atoms with Crippen LogP contribution >= 0.6 is 24.0 Å². The van der Waals surface area contributed by atoms with Gasteiger partial charge in [-0.2, -0.15) is 0 Å². The molecule has 6 heteroatoms. The predicted molar refractivity (Wildman–Crippen MR) is 125 cm³/mol. The van der Waals surface area contributed by atoms with E-state index < -0.39 is 0 Å². The third kappa shape index (κ3) is 3.99. The maximum atomic E-state index is 6.03. The average Bonchev–Trinajstić information content (AvgIpc) is 3.23. The lowest BCUT2D eigenvalue weighted by Crippen LogP contribution is -2.65. The Morgan fingerprint density at radius 2 is 2.04 bits per heavy atom. The quantitative estimate of drug-likeness (QED) is 0.371. The fraction of sp³-hybridized carbons (Fsp3) is 0.545. The van der Waals surface area contributed by atoms with Gasteiger partial charge in [0, 0.05) is 43.2 Å². The van der Waals surface area contributed by atoms with Gasteiger partial charge in [0.25, 0.3) is 0 Å². The molecule has 28 heavy (non-hydrogen) atoms. The summed E-state index contributed by atoms with van der Waals surface area (Å²) in [5.74, 6) is 0.877. The van der Waals surface area contributed by atoms with Crippen LogP contribution in [0.2, 0.25) is 0 Å². The number of ether oxygens (including phenoxy) is 1. The van der Waals surface area contributed by atoms with E-state index in [1.54, 1.807) is 0 Å². The Hall–Kier alpha value is -1.41. The maximum absolute atomic E-state index is 6.03. The normalized spacial score (nSPS) is 23.3. The van der Waals surface area contributed by atoms with E-state index in [0.717, 1.165) is 31.0 Å². The van der Waals surface area contributed by atoms with Crippen molar-refractivity contribution in [1.82, 2.24) is 15.6 Å². The molecule has 5 nitrogen and oxygen atoms in total. The van der Waals surface area contributed by atoms with Crippen LogP contribution in [0.3, 0.4) is 0 Å². The van der Waals surface area contributed by atoms with Crippen LogP contribution in [0.5, 0.6) is 0 Å². The zero-order valence-electron chi connectivity index (χ0n) is 16.8. The molecular weight excluding hydrogens is 463 g/mol. The van der Waals surface area contributed by atoms with E-state index in [0.29, 0.717) is 17.6 Å². The molecule has 2 atom stereocenters. The molecule has 2 aliphatic carbocycles. The van der Waals surface area contributed by atoms with Gasteiger partial charge >= 0.3 is 0 Å². The minimum absolute atomic E-state index is 0. The Kier molecular flexibility index (Phi) is 7.15. The van der Waals surface area contributed by atoms with Crippen molar-refractivity contribution in [2.24, 2.45) is 10.4 Å². The molecule has 2 aliphatic rings. The second-order valence-corrected chi connectivity index (χ2v) is 7.73. The molecule has 4 rings (SSSR count). The molecule has 2 fully saturated rings. The highest BCUT2D eigenvalue weighted by Gasteiger charge is 2.56. The number of hydrogen-bond donors (Lipinski definition) is 2. The second-order valence-electron chi connectivity index (χ2n) is 7.73. The number of aliphatic imine (C=N–C) groups is 1. The topological polar surface area (TPSA) is 58.5 Å². The molecule has 2 saturated carbocycles. The number of fused-ring (bicyclic) bond motifs is 1. The Morgan fingerprint density at radius 1 is 1.25 bits per heavy atom. The maximum Gasteiger partial charge on any atom is 0.191 e. The first kappa shape index (κ1) is 21.3. The van der Waals surface area contributed by atoms with Crippen molar-refractivity contribution < 1.29 is 4.74 Å². The standard InChI is InChI=1S/C22H30N4O.HI/c1-3-27-20-14-19(22(20)11-6-7-12-22)26-21(23-2)25-15-16-10-13-24-18-9-5-4-8-17(16)18;/h4-5,8-10,13,19-20H,3,6-7,11-12,14-15H2,1-2H3,(H2,23,25,26);1H. The number of benzene rings is 1. The minimum Gasteiger partial charge on any atom is -0.378 e. The molecule has 0 amide bonds. The van der Waals surface area contributed by atoms with E-state index in [-0.39, 0.29) is 24.0 Å². The van der Waals surface area contributed by atoms with E-state index in [1.165, 1.54) is 36.6 Å². The summed E-state index contributed by atoms with van der Waals surface area (Å²) in [7, 11) is 1.85. The first-order valence-corrected chi connectivity index (χ1v) is 10.2. The van der Waals surface area contributed by atoms with Gasteiger partial charge in [-0.3, -0.25) is 9.98 Å². The first-order valence-electron chi connectivity index (χ1n) is 10.2. The predicted octanol–water partition coefficient (Wildman–Crippen LogP) is 4.26. The molecule has 1 aromatic carbocycles. The van der Waals surface area contributed by atoms with Crippen LogP contribution in [0.4, 0.5) is 0 Å². The number of guanidine groups is 1. The monoisotopic (exact) mass is 494 g/mol. The van der Waals surface area contributed by atoms with Gasteiger partial charge in [0.05, 0.1) is 11.6 Å². The molecule has 0 bridgehead atoms. The van der Waals surface area contributed by atoms with Gasteiger partial charge in [-0.25, -0.2) is 0 Å². The van der Waals surface area contributed by atoms with Crippen LogP contribution in [0, 0.1) is 5.41 Å². The molecule has 1 aromatic heterocycles. The van der Waals surface area contributed by atoms with Crippen LogP contribution in [0.15, 0.2) is 41.5 Å². The van der Waals surface area contributed by atoms with Crippen molar-refractivity contribution >= 4 is 40.8 Å². The smallest absolute Gasteiger partial charge is 0.191 e. The minimum atomic E-state index is 0. The lowest BCUT2D eigenvalue weighted by molar-refractivity contribution is -0.125. The summed E-state index contributed by atoms with van der Waals surface area (Å²) in [6, 6.07) is 10.8. The highest BCUT2D eigenvalue weighted by Crippen LogP contribution is 2.54. The summed E-state index contributed by atoms with van der Waals surface area (Å²) < 4.78 is 6.03. The van der Waals surface area contributed by atoms with E-state index in [9.17, 15) is 0 Å². The van der Waals surface area contributed by atoms with Crippen LogP contribution in [-0.4, -0.2) is 36.7 Å². The first-order chi connectivity index (χ1) is 13.3. The van der Waals surface area contributed by atoms with Gasteiger partial charge in [-0.1, -0.05) is 31.0 Å². The highest BCUT2D eigenvalue weighted by molar-refractivity contribution is 14.0. The van der Waals surface area contributed by atoms with Gasteiger partial charge < -0.3 is 15.4 Å². The molecule has 0 radical (unpaired) electrons. The Labute approximate surface area is 184 Å². The highest BCUT2D eigenvalue weighted by atomic mass is 127. The number of hydrogen-bond acceptors (Lipinski definition) is 3. The summed E-state index contributed by atoms with van der Waals surface area (Å²) in [5, 5.41) is 8.38. The van der Waals surface area contributed by atoms with Crippen molar-refractivity contribution in [1.29, 1.82) is 0 Å². The molecule has 1 heterocycles. The van der Waals surface area contributed by atoms with Crippen molar-refractivity contribution in [2.75, 3.05) is 13.7 Å². The number of nitrogens with one attached hydrogen (secondary N) is 2. The van der Waals surface area contributed by atoms with Gasteiger partial charge in [0.2, 0.25) is 0 Å². The molecule has 152 valence electrons. The largest absolute Gasteiger partial charge is 0.378 e.